The van der Waals surface area contributed by atoms with Gasteiger partial charge in [0.2, 0.25) is 0 Å². The molecule has 0 aliphatic rings. The van der Waals surface area contributed by atoms with Crippen LogP contribution in [0, 0.1) is 13.8 Å². The molecule has 0 saturated heterocycles. The molecule has 108 valence electrons. The Kier molecular flexibility index (Phi) is 5.26. The van der Waals surface area contributed by atoms with Crippen molar-refractivity contribution in [2.75, 3.05) is 20.3 Å². The summed E-state index contributed by atoms with van der Waals surface area (Å²) in [7, 11) is 1.71. The number of ether oxygens (including phenoxy) is 1. The molecule has 0 spiro atoms. The van der Waals surface area contributed by atoms with Crippen LogP contribution in [0.15, 0.2) is 24.5 Å². The van der Waals surface area contributed by atoms with Crippen molar-refractivity contribution in [3.05, 3.63) is 47.0 Å². The molecule has 5 nitrogen and oxygen atoms in total. The number of pyridine rings is 1. The Labute approximate surface area is 120 Å². The van der Waals surface area contributed by atoms with Gasteiger partial charge in [0.05, 0.1) is 18.8 Å². The highest BCUT2D eigenvalue weighted by atomic mass is 16.5. The third-order valence-electron chi connectivity index (χ3n) is 3.37. The molecule has 0 aliphatic heterocycles. The normalized spacial score (nSPS) is 10.9. The Bertz CT molecular complexity index is 536. The lowest BCUT2D eigenvalue weighted by atomic mass is 10.2. The molecule has 2 aromatic rings. The first-order valence-electron chi connectivity index (χ1n) is 6.83. The Morgan fingerprint density at radius 3 is 2.90 bits per heavy atom. The van der Waals surface area contributed by atoms with Crippen LogP contribution < -0.4 is 5.32 Å². The lowest BCUT2D eigenvalue weighted by Gasteiger charge is -2.06. The van der Waals surface area contributed by atoms with Crippen LogP contribution in [0.3, 0.4) is 0 Å². The average molecular weight is 274 g/mol. The van der Waals surface area contributed by atoms with E-state index in [0.717, 1.165) is 37.5 Å². The first-order valence-corrected chi connectivity index (χ1v) is 6.83. The second-order valence-corrected chi connectivity index (χ2v) is 4.84. The molecule has 0 amide bonds. The van der Waals surface area contributed by atoms with E-state index in [1.54, 1.807) is 13.3 Å². The molecule has 0 saturated carbocycles. The molecule has 0 atom stereocenters. The summed E-state index contributed by atoms with van der Waals surface area (Å²) < 4.78 is 7.08. The van der Waals surface area contributed by atoms with E-state index >= 15 is 0 Å². The minimum atomic E-state index is 0.724. The van der Waals surface area contributed by atoms with Gasteiger partial charge in [0.15, 0.2) is 0 Å². The zero-order valence-corrected chi connectivity index (χ0v) is 12.4. The van der Waals surface area contributed by atoms with E-state index in [1.807, 2.05) is 16.9 Å². The number of nitrogens with zero attached hydrogens (tertiary/aromatic N) is 3. The maximum absolute atomic E-state index is 5.03. The van der Waals surface area contributed by atoms with Crippen LogP contribution >= 0.6 is 0 Å². The lowest BCUT2D eigenvalue weighted by Crippen LogP contribution is -2.19. The van der Waals surface area contributed by atoms with E-state index in [4.69, 9.17) is 4.74 Å². The molecule has 0 radical (unpaired) electrons. The molecule has 0 bridgehead atoms. The number of aryl methyl sites for hydroxylation is 1. The summed E-state index contributed by atoms with van der Waals surface area (Å²) in [6, 6.07) is 4.02. The minimum Gasteiger partial charge on any atom is -0.383 e. The van der Waals surface area contributed by atoms with Crippen molar-refractivity contribution < 1.29 is 4.74 Å². The number of hydrogen-bond acceptors (Lipinski definition) is 4. The number of aromatic nitrogens is 3. The molecular weight excluding hydrogens is 252 g/mol. The summed E-state index contributed by atoms with van der Waals surface area (Å²) in [5, 5.41) is 7.99. The van der Waals surface area contributed by atoms with Gasteiger partial charge in [-0.15, -0.1) is 0 Å². The molecule has 0 aromatic carbocycles. The summed E-state index contributed by atoms with van der Waals surface area (Å²) >= 11 is 0. The molecular formula is C15H22N4O. The third kappa shape index (κ3) is 3.65. The fourth-order valence-corrected chi connectivity index (χ4v) is 2.20. The van der Waals surface area contributed by atoms with Gasteiger partial charge in [-0.2, -0.15) is 5.10 Å². The van der Waals surface area contributed by atoms with E-state index in [2.05, 4.69) is 35.3 Å². The predicted molar refractivity (Wildman–Crippen MR) is 78.6 cm³/mol. The van der Waals surface area contributed by atoms with Crippen molar-refractivity contribution >= 4 is 0 Å². The van der Waals surface area contributed by atoms with Crippen LogP contribution in [-0.4, -0.2) is 35.0 Å². The average Bonchev–Trinajstić information content (AvgIpc) is 2.72. The summed E-state index contributed by atoms with van der Waals surface area (Å²) in [5.41, 5.74) is 4.72. The molecule has 2 heterocycles. The Hall–Kier alpha value is -1.72. The monoisotopic (exact) mass is 274 g/mol. The predicted octanol–water partition coefficient (Wildman–Crippen LogP) is 1.68. The van der Waals surface area contributed by atoms with Gasteiger partial charge in [-0.1, -0.05) is 6.07 Å². The fraction of sp³-hybridized carbons (Fsp3) is 0.467. The summed E-state index contributed by atoms with van der Waals surface area (Å²) in [6.07, 6.45) is 3.67. The van der Waals surface area contributed by atoms with Gasteiger partial charge in [-0.25, -0.2) is 0 Å². The quantitative estimate of drug-likeness (QED) is 0.781. The number of nitrogens with one attached hydrogen (secondary N) is 1. The summed E-state index contributed by atoms with van der Waals surface area (Å²) in [5.74, 6) is 0. The van der Waals surface area contributed by atoms with Crippen molar-refractivity contribution in [1.82, 2.24) is 20.1 Å². The second kappa shape index (κ2) is 7.17. The second-order valence-electron chi connectivity index (χ2n) is 4.84. The molecule has 0 aliphatic carbocycles. The molecule has 20 heavy (non-hydrogen) atoms. The molecule has 0 unspecified atom stereocenters. The van der Waals surface area contributed by atoms with Crippen LogP contribution in [0.1, 0.15) is 22.5 Å². The van der Waals surface area contributed by atoms with Crippen LogP contribution in [0.4, 0.5) is 0 Å². The third-order valence-corrected chi connectivity index (χ3v) is 3.37. The smallest absolute Gasteiger partial charge is 0.0677 e. The lowest BCUT2D eigenvalue weighted by molar-refractivity contribution is 0.199. The van der Waals surface area contributed by atoms with Gasteiger partial charge in [0, 0.05) is 43.9 Å². The zero-order valence-electron chi connectivity index (χ0n) is 12.4. The van der Waals surface area contributed by atoms with Crippen LogP contribution in [0.5, 0.6) is 0 Å². The van der Waals surface area contributed by atoms with Gasteiger partial charge < -0.3 is 10.1 Å². The van der Waals surface area contributed by atoms with E-state index in [1.165, 1.54) is 11.3 Å². The minimum absolute atomic E-state index is 0.724. The van der Waals surface area contributed by atoms with Crippen molar-refractivity contribution in [3.63, 3.8) is 0 Å². The van der Waals surface area contributed by atoms with E-state index < -0.39 is 0 Å². The summed E-state index contributed by atoms with van der Waals surface area (Å²) in [4.78, 5) is 4.14. The highest BCUT2D eigenvalue weighted by molar-refractivity contribution is 5.25. The van der Waals surface area contributed by atoms with Gasteiger partial charge in [-0.05, 0) is 25.5 Å². The van der Waals surface area contributed by atoms with Crippen LogP contribution in [0.2, 0.25) is 0 Å². The van der Waals surface area contributed by atoms with Gasteiger partial charge in [0.25, 0.3) is 0 Å². The van der Waals surface area contributed by atoms with Crippen molar-refractivity contribution in [2.24, 2.45) is 0 Å². The highest BCUT2D eigenvalue weighted by Gasteiger charge is 2.11. The largest absolute Gasteiger partial charge is 0.383 e. The Balaban J connectivity index is 2.04. The van der Waals surface area contributed by atoms with Crippen molar-refractivity contribution in [2.45, 2.75) is 26.9 Å². The van der Waals surface area contributed by atoms with Crippen LogP contribution in [0.25, 0.3) is 0 Å². The number of methoxy groups -OCH3 is 1. The van der Waals surface area contributed by atoms with E-state index in [9.17, 15) is 0 Å². The Morgan fingerprint density at radius 1 is 1.35 bits per heavy atom. The molecule has 2 aromatic heterocycles. The topological polar surface area (TPSA) is 52.0 Å². The van der Waals surface area contributed by atoms with E-state index in [0.29, 0.717) is 0 Å². The Morgan fingerprint density at radius 2 is 2.20 bits per heavy atom. The van der Waals surface area contributed by atoms with Crippen molar-refractivity contribution in [3.8, 4) is 0 Å². The molecule has 5 heteroatoms. The summed E-state index contributed by atoms with van der Waals surface area (Å²) in [6.45, 7) is 7.33. The maximum atomic E-state index is 5.03. The molecule has 2 rings (SSSR count). The zero-order chi connectivity index (χ0) is 14.4. The van der Waals surface area contributed by atoms with Crippen molar-refractivity contribution in [1.29, 1.82) is 0 Å². The first-order chi connectivity index (χ1) is 9.72. The first kappa shape index (κ1) is 14.7. The van der Waals surface area contributed by atoms with Crippen LogP contribution in [-0.2, 0) is 17.8 Å². The standard InChI is InChI=1S/C15H22N4O/c1-12-15(10-17-7-8-20-3)13(2)19(18-12)11-14-5-4-6-16-9-14/h4-6,9,17H,7-8,10-11H2,1-3H3. The maximum Gasteiger partial charge on any atom is 0.0677 e. The van der Waals surface area contributed by atoms with Gasteiger partial charge in [-0.3, -0.25) is 9.67 Å². The molecule has 0 fully saturated rings. The molecule has 1 N–H and O–H groups in total. The van der Waals surface area contributed by atoms with Gasteiger partial charge >= 0.3 is 0 Å². The number of hydrogen-bond donors (Lipinski definition) is 1. The van der Waals surface area contributed by atoms with Gasteiger partial charge in [0.1, 0.15) is 0 Å². The number of rotatable bonds is 7. The fourth-order valence-electron chi connectivity index (χ4n) is 2.20. The van der Waals surface area contributed by atoms with E-state index in [-0.39, 0.29) is 0 Å². The SMILES string of the molecule is COCCNCc1c(C)nn(Cc2cccnc2)c1C. The highest BCUT2D eigenvalue weighted by Crippen LogP contribution is 2.14.